The van der Waals surface area contributed by atoms with Crippen LogP contribution in [-0.2, 0) is 21.3 Å². The van der Waals surface area contributed by atoms with Crippen LogP contribution < -0.4 is 10.0 Å². The predicted molar refractivity (Wildman–Crippen MR) is 73.3 cm³/mol. The minimum absolute atomic E-state index is 0.0107. The van der Waals surface area contributed by atoms with Crippen molar-refractivity contribution in [2.75, 3.05) is 20.8 Å². The van der Waals surface area contributed by atoms with Gasteiger partial charge in [0, 0.05) is 19.9 Å². The Morgan fingerprint density at radius 2 is 2.05 bits per heavy atom. The van der Waals surface area contributed by atoms with E-state index in [1.807, 2.05) is 7.05 Å². The molecule has 0 aliphatic rings. The van der Waals surface area contributed by atoms with Gasteiger partial charge in [-0.1, -0.05) is 6.07 Å². The Hall–Kier alpha value is -1.02. The minimum atomic E-state index is -3.63. The first-order chi connectivity index (χ1) is 8.80. The number of nitrogens with one attached hydrogen (secondary N) is 2. The van der Waals surface area contributed by atoms with Gasteiger partial charge in [0.25, 0.3) is 10.0 Å². The fourth-order valence-corrected chi connectivity index (χ4v) is 3.01. The molecule has 0 atom stereocenters. The van der Waals surface area contributed by atoms with Crippen molar-refractivity contribution < 1.29 is 13.2 Å². The summed E-state index contributed by atoms with van der Waals surface area (Å²) in [5, 5.41) is 2.99. The molecule has 0 spiro atoms. The molecule has 0 unspecified atom stereocenters. The van der Waals surface area contributed by atoms with E-state index >= 15 is 0 Å². The highest BCUT2D eigenvalue weighted by Gasteiger charge is 2.26. The first-order valence-electron chi connectivity index (χ1n) is 5.93. The van der Waals surface area contributed by atoms with Crippen molar-refractivity contribution in [2.24, 2.45) is 0 Å². The zero-order valence-corrected chi connectivity index (χ0v) is 12.5. The molecule has 0 fully saturated rings. The Balaban J connectivity index is 2.88. The molecule has 1 aromatic heterocycles. The molecule has 1 rings (SSSR count). The van der Waals surface area contributed by atoms with Crippen LogP contribution in [-0.4, -0.2) is 39.7 Å². The van der Waals surface area contributed by atoms with E-state index in [2.05, 4.69) is 15.0 Å². The average molecular weight is 287 g/mol. The molecule has 0 bridgehead atoms. The molecule has 0 aliphatic heterocycles. The van der Waals surface area contributed by atoms with Crippen molar-refractivity contribution in [2.45, 2.75) is 31.0 Å². The molecule has 6 nitrogen and oxygen atoms in total. The highest BCUT2D eigenvalue weighted by atomic mass is 32.2. The van der Waals surface area contributed by atoms with E-state index in [0.717, 1.165) is 5.56 Å². The number of aromatic nitrogens is 1. The van der Waals surface area contributed by atoms with E-state index in [9.17, 15) is 8.42 Å². The fourth-order valence-electron chi connectivity index (χ4n) is 1.68. The summed E-state index contributed by atoms with van der Waals surface area (Å²) in [5.74, 6) is 0. The Kier molecular flexibility index (Phi) is 5.42. The molecular weight excluding hydrogens is 266 g/mol. The summed E-state index contributed by atoms with van der Waals surface area (Å²) in [6.07, 6.45) is 1.55. The van der Waals surface area contributed by atoms with Crippen LogP contribution in [0.25, 0.3) is 0 Å². The third-order valence-electron chi connectivity index (χ3n) is 2.37. The van der Waals surface area contributed by atoms with E-state index < -0.39 is 15.6 Å². The Bertz CT molecular complexity index is 497. The molecule has 0 saturated carbocycles. The van der Waals surface area contributed by atoms with Crippen LogP contribution in [0, 0.1) is 0 Å². The lowest BCUT2D eigenvalue weighted by Gasteiger charge is -2.24. The van der Waals surface area contributed by atoms with Gasteiger partial charge >= 0.3 is 0 Å². The normalized spacial score (nSPS) is 12.6. The zero-order chi connectivity index (χ0) is 14.5. The van der Waals surface area contributed by atoms with Gasteiger partial charge in [0.05, 0.1) is 12.1 Å². The number of pyridine rings is 1. The first-order valence-corrected chi connectivity index (χ1v) is 7.41. The summed E-state index contributed by atoms with van der Waals surface area (Å²) in [7, 11) is -0.286. The van der Waals surface area contributed by atoms with Crippen LogP contribution in [0.15, 0.2) is 23.4 Å². The molecule has 0 aliphatic carbocycles. The quantitative estimate of drug-likeness (QED) is 0.763. The SMILES string of the molecule is CNCc1ccc(S(=O)(=O)NC(C)(C)COC)nc1. The molecule has 108 valence electrons. The Morgan fingerprint density at radius 1 is 1.37 bits per heavy atom. The van der Waals surface area contributed by atoms with Crippen LogP contribution in [0.5, 0.6) is 0 Å². The predicted octanol–water partition coefficient (Wildman–Crippen LogP) is 0.504. The molecule has 0 saturated heterocycles. The van der Waals surface area contributed by atoms with E-state index in [1.54, 1.807) is 26.1 Å². The monoisotopic (exact) mass is 287 g/mol. The number of hydrogen-bond donors (Lipinski definition) is 2. The topological polar surface area (TPSA) is 80.3 Å². The number of sulfonamides is 1. The van der Waals surface area contributed by atoms with E-state index in [-0.39, 0.29) is 11.6 Å². The van der Waals surface area contributed by atoms with E-state index in [1.165, 1.54) is 13.2 Å². The van der Waals surface area contributed by atoms with Crippen molar-refractivity contribution in [3.05, 3.63) is 23.9 Å². The van der Waals surface area contributed by atoms with Crippen LogP contribution >= 0.6 is 0 Å². The lowest BCUT2D eigenvalue weighted by Crippen LogP contribution is -2.46. The molecular formula is C12H21N3O3S. The molecule has 0 aromatic carbocycles. The molecule has 19 heavy (non-hydrogen) atoms. The second-order valence-electron chi connectivity index (χ2n) is 4.96. The first kappa shape index (κ1) is 16.0. The standard InChI is InChI=1S/C12H21N3O3S/c1-12(2,9-18-4)15-19(16,17)11-6-5-10(7-13-3)8-14-11/h5-6,8,13,15H,7,9H2,1-4H3. The molecule has 1 aromatic rings. The van der Waals surface area contributed by atoms with E-state index in [0.29, 0.717) is 6.54 Å². The van der Waals surface area contributed by atoms with Crippen LogP contribution in [0.2, 0.25) is 0 Å². The van der Waals surface area contributed by atoms with Crippen molar-refractivity contribution in [3.8, 4) is 0 Å². The van der Waals surface area contributed by atoms with Crippen molar-refractivity contribution in [1.29, 1.82) is 0 Å². The summed E-state index contributed by atoms with van der Waals surface area (Å²) in [5.41, 5.74) is 0.247. The summed E-state index contributed by atoms with van der Waals surface area (Å²) in [4.78, 5) is 3.98. The van der Waals surface area contributed by atoms with Crippen LogP contribution in [0.3, 0.4) is 0 Å². The summed E-state index contributed by atoms with van der Waals surface area (Å²) in [6.45, 7) is 4.44. The zero-order valence-electron chi connectivity index (χ0n) is 11.7. The Morgan fingerprint density at radius 3 is 2.53 bits per heavy atom. The number of ether oxygens (including phenoxy) is 1. The maximum atomic E-state index is 12.1. The molecule has 0 amide bonds. The van der Waals surface area contributed by atoms with Gasteiger partial charge in [0.1, 0.15) is 0 Å². The molecule has 2 N–H and O–H groups in total. The molecule has 1 heterocycles. The van der Waals surface area contributed by atoms with Crippen LogP contribution in [0.1, 0.15) is 19.4 Å². The highest BCUT2D eigenvalue weighted by Crippen LogP contribution is 2.12. The third kappa shape index (κ3) is 4.87. The molecule has 7 heteroatoms. The average Bonchev–Trinajstić information content (AvgIpc) is 2.28. The fraction of sp³-hybridized carbons (Fsp3) is 0.583. The van der Waals surface area contributed by atoms with Gasteiger partial charge in [0.15, 0.2) is 5.03 Å². The summed E-state index contributed by atoms with van der Waals surface area (Å²) < 4.78 is 31.8. The number of methoxy groups -OCH3 is 1. The third-order valence-corrected chi connectivity index (χ3v) is 3.98. The van der Waals surface area contributed by atoms with Crippen LogP contribution in [0.4, 0.5) is 0 Å². The number of hydrogen-bond acceptors (Lipinski definition) is 5. The van der Waals surface area contributed by atoms with Gasteiger partial charge in [-0.25, -0.2) is 18.1 Å². The second-order valence-corrected chi connectivity index (χ2v) is 6.59. The lowest BCUT2D eigenvalue weighted by atomic mass is 10.1. The minimum Gasteiger partial charge on any atom is -0.383 e. The lowest BCUT2D eigenvalue weighted by molar-refractivity contribution is 0.141. The van der Waals surface area contributed by atoms with Crippen molar-refractivity contribution in [1.82, 2.24) is 15.0 Å². The summed E-state index contributed by atoms with van der Waals surface area (Å²) >= 11 is 0. The van der Waals surface area contributed by atoms with Gasteiger partial charge in [-0.2, -0.15) is 0 Å². The van der Waals surface area contributed by atoms with Gasteiger partial charge in [-0.15, -0.1) is 0 Å². The number of rotatable bonds is 7. The smallest absolute Gasteiger partial charge is 0.258 e. The van der Waals surface area contributed by atoms with Gasteiger partial charge in [0.2, 0.25) is 0 Å². The van der Waals surface area contributed by atoms with Gasteiger partial charge in [-0.3, -0.25) is 0 Å². The van der Waals surface area contributed by atoms with Gasteiger partial charge in [-0.05, 0) is 32.5 Å². The largest absolute Gasteiger partial charge is 0.383 e. The second kappa shape index (κ2) is 6.42. The summed E-state index contributed by atoms with van der Waals surface area (Å²) in [6, 6.07) is 3.24. The van der Waals surface area contributed by atoms with E-state index in [4.69, 9.17) is 4.74 Å². The highest BCUT2D eigenvalue weighted by molar-refractivity contribution is 7.89. The van der Waals surface area contributed by atoms with Crippen molar-refractivity contribution >= 4 is 10.0 Å². The van der Waals surface area contributed by atoms with Crippen molar-refractivity contribution in [3.63, 3.8) is 0 Å². The number of nitrogens with zero attached hydrogens (tertiary/aromatic N) is 1. The maximum absolute atomic E-state index is 12.1. The maximum Gasteiger partial charge on any atom is 0.258 e. The van der Waals surface area contributed by atoms with Gasteiger partial charge < -0.3 is 10.1 Å². The molecule has 0 radical (unpaired) electrons. The Labute approximate surface area is 114 Å².